The van der Waals surface area contributed by atoms with E-state index in [1.54, 1.807) is 0 Å². The molecule has 4 saturated heterocycles. The molecule has 6 aliphatic rings. The quantitative estimate of drug-likeness (QED) is 0.499. The Hall–Kier alpha value is -0.137. The summed E-state index contributed by atoms with van der Waals surface area (Å²) in [6.07, 6.45) is 15.5. The third kappa shape index (κ3) is 3.84. The Bertz CT molecular complexity index is 840. The minimum atomic E-state index is -2.65. The van der Waals surface area contributed by atoms with Crippen LogP contribution in [-0.4, -0.2) is 82.9 Å². The van der Waals surface area contributed by atoms with Crippen LogP contribution in [0.2, 0.25) is 0 Å². The van der Waals surface area contributed by atoms with Gasteiger partial charge in [-0.1, -0.05) is 0 Å². The summed E-state index contributed by atoms with van der Waals surface area (Å²) in [4.78, 5) is 4.67. The van der Waals surface area contributed by atoms with Gasteiger partial charge in [0.05, 0.1) is 0 Å². The van der Waals surface area contributed by atoms with Gasteiger partial charge in [0.15, 0.2) is 0 Å². The SMILES string of the molecule is CC1CCC2CCCC3[O][Ga]([O]c4cccnc4[O][Ga]4[O]C5CCCC6CCC(C)[N]4C65)[N]1C23. The van der Waals surface area contributed by atoms with Crippen LogP contribution >= 0.6 is 0 Å². The number of hydrogen-bond acceptors (Lipinski definition) is 7. The molecule has 6 fully saturated rings. The molecule has 0 radical (unpaired) electrons. The van der Waals surface area contributed by atoms with Crippen molar-refractivity contribution in [3.05, 3.63) is 18.3 Å². The first-order valence-corrected chi connectivity index (χ1v) is 19.9. The predicted octanol–water partition coefficient (Wildman–Crippen LogP) is 3.91. The molecular weight excluding hydrogens is 546 g/mol. The molecule has 0 spiro atoms. The number of rotatable bonds is 4. The fourth-order valence-corrected chi connectivity index (χ4v) is 18.9. The number of hydrogen-bond donors (Lipinski definition) is 0. The van der Waals surface area contributed by atoms with Crippen molar-refractivity contribution in [2.75, 3.05) is 0 Å². The van der Waals surface area contributed by atoms with E-state index < -0.39 is 34.4 Å². The van der Waals surface area contributed by atoms with Gasteiger partial charge in [-0.25, -0.2) is 0 Å². The van der Waals surface area contributed by atoms with Crippen LogP contribution in [-0.2, 0) is 7.06 Å². The van der Waals surface area contributed by atoms with Crippen molar-refractivity contribution < 1.29 is 14.1 Å². The second-order valence-corrected chi connectivity index (χ2v) is 18.8. The summed E-state index contributed by atoms with van der Waals surface area (Å²) in [5, 5.41) is 0. The van der Waals surface area contributed by atoms with Crippen LogP contribution in [0.15, 0.2) is 18.3 Å². The van der Waals surface area contributed by atoms with Crippen molar-refractivity contribution in [2.24, 2.45) is 11.8 Å². The van der Waals surface area contributed by atoms with Gasteiger partial charge in [-0.2, -0.15) is 0 Å². The predicted molar refractivity (Wildman–Crippen MR) is 130 cm³/mol. The Morgan fingerprint density at radius 1 is 0.794 bits per heavy atom. The van der Waals surface area contributed by atoms with E-state index in [9.17, 15) is 0 Å². The van der Waals surface area contributed by atoms with E-state index in [4.69, 9.17) is 14.1 Å². The molecule has 2 aliphatic carbocycles. The Morgan fingerprint density at radius 3 is 2.00 bits per heavy atom. The van der Waals surface area contributed by atoms with Gasteiger partial charge in [-0.3, -0.25) is 0 Å². The first-order chi connectivity index (χ1) is 16.7. The average Bonchev–Trinajstić information content (AvgIpc) is 3.41. The molecule has 0 amide bonds. The van der Waals surface area contributed by atoms with E-state index in [0.717, 1.165) is 17.6 Å². The van der Waals surface area contributed by atoms with Crippen molar-refractivity contribution in [3.8, 4) is 11.6 Å². The van der Waals surface area contributed by atoms with Crippen LogP contribution in [0.3, 0.4) is 0 Å². The molecule has 9 heteroatoms. The number of nitrogens with zero attached hydrogens (tertiary/aromatic N) is 3. The van der Waals surface area contributed by atoms with Gasteiger partial charge in [0.25, 0.3) is 0 Å². The molecule has 1 aromatic rings. The van der Waals surface area contributed by atoms with Gasteiger partial charge in [-0.15, -0.1) is 0 Å². The Morgan fingerprint density at radius 2 is 1.38 bits per heavy atom. The number of pyridine rings is 1. The Balaban J connectivity index is 1.12. The average molecular weight is 583 g/mol. The third-order valence-corrected chi connectivity index (χ3v) is 19.6. The zero-order chi connectivity index (χ0) is 22.8. The molecule has 7 rings (SSSR count). The van der Waals surface area contributed by atoms with Gasteiger partial charge in [0.1, 0.15) is 0 Å². The molecule has 8 atom stereocenters. The molecule has 1 aromatic heterocycles. The molecular formula is C25H37Ga2N3O4. The van der Waals surface area contributed by atoms with Gasteiger partial charge >= 0.3 is 217 Å². The van der Waals surface area contributed by atoms with Crippen molar-refractivity contribution in [2.45, 2.75) is 114 Å². The van der Waals surface area contributed by atoms with Crippen LogP contribution in [0.5, 0.6) is 11.6 Å². The maximum atomic E-state index is 6.77. The monoisotopic (exact) mass is 581 g/mol. The van der Waals surface area contributed by atoms with Crippen molar-refractivity contribution >= 4 is 34.4 Å². The summed E-state index contributed by atoms with van der Waals surface area (Å²) in [5.41, 5.74) is 0. The van der Waals surface area contributed by atoms with Crippen LogP contribution in [0, 0.1) is 11.8 Å². The van der Waals surface area contributed by atoms with Crippen LogP contribution < -0.4 is 7.06 Å². The summed E-state index contributed by atoms with van der Waals surface area (Å²) >= 11 is -5.27. The standard InChI is InChI=1S/2C10H17NO.C5H5NO2.2Ga/c2*1-7-5-6-8-3-2-4-9(12)10(8)11-7;7-4-2-1-3-6-5(4)8;;/h2*7-10H,2-6H2,1H3;1-3,7H,(H,6,8);;/q2*-2;;2*+3/p-2. The summed E-state index contributed by atoms with van der Waals surface area (Å²) < 4.78 is 32.3. The Labute approximate surface area is 216 Å². The van der Waals surface area contributed by atoms with Crippen molar-refractivity contribution in [1.82, 2.24) is 12.2 Å². The Kier molecular flexibility index (Phi) is 6.30. The second-order valence-electron chi connectivity index (χ2n) is 11.6. The molecule has 34 heavy (non-hydrogen) atoms. The fraction of sp³-hybridized carbons (Fsp3) is 0.800. The van der Waals surface area contributed by atoms with E-state index in [1.807, 2.05) is 18.3 Å². The minimum absolute atomic E-state index is 0.365. The second kappa shape index (κ2) is 9.31. The van der Waals surface area contributed by atoms with E-state index in [2.05, 4.69) is 26.0 Å². The summed E-state index contributed by atoms with van der Waals surface area (Å²) in [5.74, 6) is 3.00. The van der Waals surface area contributed by atoms with Crippen LogP contribution in [0.25, 0.3) is 0 Å². The first-order valence-electron chi connectivity index (χ1n) is 13.8. The van der Waals surface area contributed by atoms with Gasteiger partial charge < -0.3 is 0 Å². The van der Waals surface area contributed by atoms with Crippen LogP contribution in [0.4, 0.5) is 0 Å². The third-order valence-electron chi connectivity index (χ3n) is 9.72. The first kappa shape index (κ1) is 23.0. The molecule has 4 aliphatic heterocycles. The molecule has 182 valence electrons. The van der Waals surface area contributed by atoms with Gasteiger partial charge in [0, 0.05) is 0 Å². The number of aromatic nitrogens is 1. The summed E-state index contributed by atoms with van der Waals surface area (Å²) in [6.45, 7) is 4.74. The molecule has 0 N–H and O–H groups in total. The van der Waals surface area contributed by atoms with E-state index in [1.165, 1.54) is 64.2 Å². The summed E-state index contributed by atoms with van der Waals surface area (Å²) in [7, 11) is 0. The van der Waals surface area contributed by atoms with Crippen LogP contribution in [0.1, 0.15) is 78.1 Å². The van der Waals surface area contributed by atoms with E-state index in [-0.39, 0.29) is 0 Å². The topological polar surface area (TPSA) is 56.3 Å². The molecule has 2 saturated carbocycles. The zero-order valence-corrected chi connectivity index (χ0v) is 25.4. The van der Waals surface area contributed by atoms with Gasteiger partial charge in [0.2, 0.25) is 0 Å². The van der Waals surface area contributed by atoms with Crippen molar-refractivity contribution in [3.63, 3.8) is 0 Å². The fourth-order valence-electron chi connectivity index (χ4n) is 8.12. The molecule has 0 aromatic carbocycles. The maximum absolute atomic E-state index is 6.77. The van der Waals surface area contributed by atoms with Gasteiger partial charge in [-0.05, 0) is 0 Å². The molecule has 5 heterocycles. The summed E-state index contributed by atoms with van der Waals surface area (Å²) in [6, 6.07) is 6.26. The zero-order valence-electron chi connectivity index (χ0n) is 20.6. The normalized spacial score (nSPS) is 41.8. The molecule has 8 unspecified atom stereocenters. The van der Waals surface area contributed by atoms with E-state index in [0.29, 0.717) is 42.3 Å². The molecule has 7 nitrogen and oxygen atoms in total. The molecule has 0 bridgehead atoms. The number of piperidine rings is 2. The van der Waals surface area contributed by atoms with E-state index >= 15 is 0 Å². The van der Waals surface area contributed by atoms with Crippen molar-refractivity contribution in [1.29, 1.82) is 0 Å².